The van der Waals surface area contributed by atoms with E-state index >= 15 is 0 Å². The number of nitrogens with zero attached hydrogens (tertiary/aromatic N) is 2. The van der Waals surface area contributed by atoms with Crippen LogP contribution in [0.4, 0.5) is 28.0 Å². The number of aromatic nitrogens is 1. The maximum Gasteiger partial charge on any atom is 0.393 e. The van der Waals surface area contributed by atoms with Crippen LogP contribution in [0.15, 0.2) is 47.4 Å². The lowest BCUT2D eigenvalue weighted by atomic mass is 9.96. The molecule has 0 bridgehead atoms. The van der Waals surface area contributed by atoms with Crippen molar-refractivity contribution < 1.29 is 22.4 Å². The van der Waals surface area contributed by atoms with Gasteiger partial charge in [-0.2, -0.15) is 13.2 Å². The van der Waals surface area contributed by atoms with Crippen LogP contribution in [0.1, 0.15) is 0 Å². The molecule has 2 atom stereocenters. The van der Waals surface area contributed by atoms with Crippen molar-refractivity contribution in [1.29, 1.82) is 0 Å². The predicted octanol–water partition coefficient (Wildman–Crippen LogP) is 2.58. The first-order valence-electron chi connectivity index (χ1n) is 8.51. The summed E-state index contributed by atoms with van der Waals surface area (Å²) < 4.78 is 54.8. The van der Waals surface area contributed by atoms with Crippen molar-refractivity contribution in [3.8, 4) is 5.69 Å². The molecule has 3 rings (SSSR count). The number of likely N-dealkylation sites (tertiary alicyclic amines) is 1. The van der Waals surface area contributed by atoms with Crippen LogP contribution < -0.4 is 16.6 Å². The fourth-order valence-corrected chi connectivity index (χ4v) is 3.24. The molecule has 6 nitrogen and oxygen atoms in total. The molecule has 0 spiro atoms. The van der Waals surface area contributed by atoms with Gasteiger partial charge in [-0.3, -0.25) is 9.36 Å². The molecule has 10 heteroatoms. The van der Waals surface area contributed by atoms with Gasteiger partial charge in [-0.05, 0) is 24.7 Å². The molecule has 1 aromatic carbocycles. The Morgan fingerprint density at radius 3 is 2.54 bits per heavy atom. The highest BCUT2D eigenvalue weighted by Crippen LogP contribution is 2.37. The highest BCUT2D eigenvalue weighted by atomic mass is 19.4. The maximum atomic E-state index is 14.4. The van der Waals surface area contributed by atoms with Gasteiger partial charge < -0.3 is 16.0 Å². The SMILES string of the molecule is NC[C@@H]1CN(C(=O)Nc2ccc(-n3ccccc3=O)cc2F)C[C@H]1C(F)(F)F. The second kappa shape index (κ2) is 7.63. The van der Waals surface area contributed by atoms with Crippen LogP contribution in [-0.2, 0) is 0 Å². The summed E-state index contributed by atoms with van der Waals surface area (Å²) in [7, 11) is 0. The number of nitrogens with two attached hydrogens (primary N) is 1. The van der Waals surface area contributed by atoms with Crippen LogP contribution in [0.2, 0.25) is 0 Å². The highest BCUT2D eigenvalue weighted by Gasteiger charge is 2.50. The molecule has 150 valence electrons. The Balaban J connectivity index is 1.75. The molecule has 1 saturated heterocycles. The Morgan fingerprint density at radius 1 is 1.21 bits per heavy atom. The molecular weight excluding hydrogens is 380 g/mol. The minimum absolute atomic E-state index is 0.161. The van der Waals surface area contributed by atoms with Gasteiger partial charge in [0.05, 0.1) is 17.3 Å². The monoisotopic (exact) mass is 398 g/mol. The summed E-state index contributed by atoms with van der Waals surface area (Å²) >= 11 is 0. The van der Waals surface area contributed by atoms with E-state index < -0.39 is 36.4 Å². The first-order chi connectivity index (χ1) is 13.2. The second-order valence-electron chi connectivity index (χ2n) is 6.55. The van der Waals surface area contributed by atoms with Gasteiger partial charge in [-0.15, -0.1) is 0 Å². The molecule has 2 amide bonds. The number of alkyl halides is 3. The zero-order valence-electron chi connectivity index (χ0n) is 14.6. The van der Waals surface area contributed by atoms with Crippen molar-refractivity contribution in [2.45, 2.75) is 6.18 Å². The molecule has 0 saturated carbocycles. The van der Waals surface area contributed by atoms with Crippen LogP contribution in [0, 0.1) is 17.7 Å². The number of hydrogen-bond acceptors (Lipinski definition) is 3. The van der Waals surface area contributed by atoms with Gasteiger partial charge in [-0.25, -0.2) is 9.18 Å². The number of carbonyl (C=O) groups excluding carboxylic acids is 1. The van der Waals surface area contributed by atoms with Crippen LogP contribution in [0.5, 0.6) is 0 Å². The van der Waals surface area contributed by atoms with E-state index in [1.165, 1.54) is 29.0 Å². The summed E-state index contributed by atoms with van der Waals surface area (Å²) in [4.78, 5) is 25.1. The highest BCUT2D eigenvalue weighted by molar-refractivity contribution is 5.89. The minimum Gasteiger partial charge on any atom is -0.330 e. The molecule has 0 unspecified atom stereocenters. The van der Waals surface area contributed by atoms with Crippen LogP contribution in [0.3, 0.4) is 0 Å². The number of halogens is 4. The largest absolute Gasteiger partial charge is 0.393 e. The number of nitrogens with one attached hydrogen (secondary N) is 1. The van der Waals surface area contributed by atoms with E-state index in [0.717, 1.165) is 11.0 Å². The molecule has 0 radical (unpaired) electrons. The average Bonchev–Trinajstić information content (AvgIpc) is 3.09. The number of pyridine rings is 1. The summed E-state index contributed by atoms with van der Waals surface area (Å²) in [6.45, 7) is -0.898. The molecule has 1 fully saturated rings. The van der Waals surface area contributed by atoms with Gasteiger partial charge in [-0.1, -0.05) is 6.07 Å². The third-order valence-corrected chi connectivity index (χ3v) is 4.75. The van der Waals surface area contributed by atoms with Gasteiger partial charge in [0.2, 0.25) is 0 Å². The lowest BCUT2D eigenvalue weighted by Crippen LogP contribution is -2.35. The van der Waals surface area contributed by atoms with E-state index in [4.69, 9.17) is 5.73 Å². The Morgan fingerprint density at radius 2 is 1.96 bits per heavy atom. The second-order valence-corrected chi connectivity index (χ2v) is 6.55. The predicted molar refractivity (Wildman–Crippen MR) is 94.7 cm³/mol. The van der Waals surface area contributed by atoms with E-state index in [2.05, 4.69) is 5.32 Å². The van der Waals surface area contributed by atoms with Crippen molar-refractivity contribution in [1.82, 2.24) is 9.47 Å². The van der Waals surface area contributed by atoms with Crippen molar-refractivity contribution in [2.24, 2.45) is 17.6 Å². The minimum atomic E-state index is -4.46. The number of carbonyl (C=O) groups is 1. The fourth-order valence-electron chi connectivity index (χ4n) is 3.24. The summed E-state index contributed by atoms with van der Waals surface area (Å²) in [5.74, 6) is -3.42. The average molecular weight is 398 g/mol. The van der Waals surface area contributed by atoms with Gasteiger partial charge in [0.25, 0.3) is 5.56 Å². The Kier molecular flexibility index (Phi) is 5.41. The van der Waals surface area contributed by atoms with Gasteiger partial charge in [0, 0.05) is 37.3 Å². The Hall–Kier alpha value is -2.88. The number of hydrogen-bond donors (Lipinski definition) is 2. The van der Waals surface area contributed by atoms with Crippen molar-refractivity contribution >= 4 is 11.7 Å². The molecule has 28 heavy (non-hydrogen) atoms. The van der Waals surface area contributed by atoms with E-state index in [1.807, 2.05) is 0 Å². The molecule has 0 aliphatic carbocycles. The first kappa shape index (κ1) is 19.9. The molecule has 2 heterocycles. The Labute approximate surface area is 157 Å². The number of urea groups is 1. The van der Waals surface area contributed by atoms with E-state index in [1.54, 1.807) is 12.1 Å². The van der Waals surface area contributed by atoms with Crippen molar-refractivity contribution in [2.75, 3.05) is 25.0 Å². The number of amides is 2. The molecule has 1 aromatic heterocycles. The normalized spacial score (nSPS) is 19.7. The topological polar surface area (TPSA) is 80.4 Å². The third-order valence-electron chi connectivity index (χ3n) is 4.75. The van der Waals surface area contributed by atoms with Crippen molar-refractivity contribution in [3.05, 3.63) is 58.8 Å². The first-order valence-corrected chi connectivity index (χ1v) is 8.51. The van der Waals surface area contributed by atoms with Crippen molar-refractivity contribution in [3.63, 3.8) is 0 Å². The lowest BCUT2D eigenvalue weighted by Gasteiger charge is -2.19. The van der Waals surface area contributed by atoms with Gasteiger partial charge in [0.1, 0.15) is 5.82 Å². The number of rotatable bonds is 3. The van der Waals surface area contributed by atoms with Gasteiger partial charge >= 0.3 is 12.2 Å². The van der Waals surface area contributed by atoms with Crippen LogP contribution in [0.25, 0.3) is 5.69 Å². The zero-order valence-corrected chi connectivity index (χ0v) is 14.6. The molecule has 1 aliphatic rings. The maximum absolute atomic E-state index is 14.4. The molecule has 2 aromatic rings. The third kappa shape index (κ3) is 4.01. The summed E-state index contributed by atoms with van der Waals surface area (Å²) in [6.07, 6.45) is -3.00. The van der Waals surface area contributed by atoms with Gasteiger partial charge in [0.15, 0.2) is 0 Å². The molecular formula is C18H18F4N4O2. The molecule has 1 aliphatic heterocycles. The van der Waals surface area contributed by atoms with Crippen LogP contribution >= 0.6 is 0 Å². The number of benzene rings is 1. The lowest BCUT2D eigenvalue weighted by molar-refractivity contribution is -0.179. The zero-order chi connectivity index (χ0) is 20.5. The Bertz CT molecular complexity index is 928. The smallest absolute Gasteiger partial charge is 0.330 e. The standard InChI is InChI=1S/C18H18F4N4O2/c19-14-7-12(26-6-2-1-3-16(26)27)4-5-15(14)24-17(28)25-9-11(8-23)13(10-25)18(20,21)22/h1-7,11,13H,8-10,23H2,(H,24,28)/t11-,13-/m1/s1. The number of anilines is 1. The van der Waals surface area contributed by atoms with E-state index in [9.17, 15) is 27.2 Å². The summed E-state index contributed by atoms with van der Waals surface area (Å²) in [5.41, 5.74) is 5.09. The summed E-state index contributed by atoms with van der Waals surface area (Å²) in [5, 5.41) is 2.28. The molecule has 3 N–H and O–H groups in total. The van der Waals surface area contributed by atoms with Crippen LogP contribution in [-0.4, -0.2) is 41.3 Å². The summed E-state index contributed by atoms with van der Waals surface area (Å²) in [6, 6.07) is 7.35. The quantitative estimate of drug-likeness (QED) is 0.780. The fraction of sp³-hybridized carbons (Fsp3) is 0.333. The van der Waals surface area contributed by atoms with E-state index in [-0.39, 0.29) is 30.0 Å². The van der Waals surface area contributed by atoms with E-state index in [0.29, 0.717) is 0 Å².